The van der Waals surface area contributed by atoms with Crippen molar-refractivity contribution in [1.29, 1.82) is 0 Å². The fourth-order valence-electron chi connectivity index (χ4n) is 5.49. The zero-order valence-corrected chi connectivity index (χ0v) is 19.8. The van der Waals surface area contributed by atoms with Crippen LogP contribution in [0.25, 0.3) is 5.76 Å². The van der Waals surface area contributed by atoms with Crippen molar-refractivity contribution in [3.05, 3.63) is 76.8 Å². The van der Waals surface area contributed by atoms with E-state index in [0.29, 0.717) is 12.0 Å². The lowest BCUT2D eigenvalue weighted by molar-refractivity contribution is -0.153. The van der Waals surface area contributed by atoms with Crippen molar-refractivity contribution in [1.82, 2.24) is 9.88 Å². The fourth-order valence-corrected chi connectivity index (χ4v) is 5.49. The average molecular weight is 494 g/mol. The van der Waals surface area contributed by atoms with E-state index in [1.807, 2.05) is 18.2 Å². The maximum absolute atomic E-state index is 13.5. The Balaban J connectivity index is 0.000000445. The minimum atomic E-state index is -2.60. The number of amides is 1. The van der Waals surface area contributed by atoms with Gasteiger partial charge in [-0.05, 0) is 56.6 Å². The quantitative estimate of drug-likeness (QED) is 0.383. The number of aromatic nitrogens is 1. The van der Waals surface area contributed by atoms with Crippen LogP contribution in [0.3, 0.4) is 0 Å². The number of rotatable bonds is 2. The van der Waals surface area contributed by atoms with Crippen molar-refractivity contribution in [2.75, 3.05) is 14.1 Å². The lowest BCUT2D eigenvalue weighted by Gasteiger charge is -2.50. The molecule has 10 nitrogen and oxygen atoms in total. The van der Waals surface area contributed by atoms with E-state index >= 15 is 0 Å². The Bertz CT molecular complexity index is 1280. The Morgan fingerprint density at radius 1 is 1.08 bits per heavy atom. The molecule has 0 bridgehead atoms. The van der Waals surface area contributed by atoms with Gasteiger partial charge < -0.3 is 26.2 Å². The van der Waals surface area contributed by atoms with E-state index in [9.17, 15) is 34.8 Å². The van der Waals surface area contributed by atoms with E-state index in [4.69, 9.17) is 5.73 Å². The molecule has 10 heteroatoms. The third kappa shape index (κ3) is 3.75. The van der Waals surface area contributed by atoms with E-state index in [1.165, 1.54) is 11.0 Å². The zero-order chi connectivity index (χ0) is 26.4. The second-order valence-corrected chi connectivity index (χ2v) is 9.30. The van der Waals surface area contributed by atoms with E-state index in [2.05, 4.69) is 4.98 Å². The lowest BCUT2D eigenvalue weighted by Crippen LogP contribution is -2.65. The summed E-state index contributed by atoms with van der Waals surface area (Å²) in [5.41, 5.74) is 2.41. The maximum Gasteiger partial charge on any atom is 0.255 e. The number of nitrogens with zero attached hydrogens (tertiary/aromatic N) is 2. The molecule has 0 unspecified atom stereocenters. The molecule has 6 N–H and O–H groups in total. The number of fused-ring (bicyclic) bond motifs is 3. The summed E-state index contributed by atoms with van der Waals surface area (Å²) in [7, 11) is 3.12. The average Bonchev–Trinajstić information content (AvgIpc) is 2.82. The molecule has 2 aromatic rings. The monoisotopic (exact) mass is 493 g/mol. The van der Waals surface area contributed by atoms with Crippen LogP contribution >= 0.6 is 0 Å². The molecule has 5 rings (SSSR count). The Labute approximate surface area is 207 Å². The highest BCUT2D eigenvalue weighted by molar-refractivity contribution is 6.24. The molecule has 3 aliphatic rings. The number of aromatic hydroxyl groups is 1. The van der Waals surface area contributed by atoms with Crippen LogP contribution < -0.4 is 5.73 Å². The number of aliphatic hydroxyl groups excluding tert-OH is 2. The van der Waals surface area contributed by atoms with Crippen LogP contribution in [-0.4, -0.2) is 73.5 Å². The Morgan fingerprint density at radius 3 is 2.28 bits per heavy atom. The summed E-state index contributed by atoms with van der Waals surface area (Å²) in [6, 6.07) is 9.34. The van der Waals surface area contributed by atoms with E-state index in [1.54, 1.807) is 38.6 Å². The van der Waals surface area contributed by atoms with Gasteiger partial charge in [0.05, 0.1) is 11.6 Å². The van der Waals surface area contributed by atoms with Gasteiger partial charge in [0, 0.05) is 23.9 Å². The van der Waals surface area contributed by atoms with Gasteiger partial charge in [-0.25, -0.2) is 0 Å². The number of phenolic OH excluding ortho intramolecular Hbond substituents is 1. The summed E-state index contributed by atoms with van der Waals surface area (Å²) in [5, 5.41) is 43.1. The summed E-state index contributed by atoms with van der Waals surface area (Å²) in [4.78, 5) is 43.5. The molecule has 0 aliphatic heterocycles. The lowest BCUT2D eigenvalue weighted by atomic mass is 9.57. The topological polar surface area (TPSA) is 174 Å². The van der Waals surface area contributed by atoms with Gasteiger partial charge >= 0.3 is 0 Å². The van der Waals surface area contributed by atoms with Crippen molar-refractivity contribution in [3.8, 4) is 5.75 Å². The number of hydrogen-bond acceptors (Lipinski definition) is 9. The minimum absolute atomic E-state index is 0.0847. The van der Waals surface area contributed by atoms with Crippen LogP contribution in [0.2, 0.25) is 0 Å². The SMILES string of the molecule is CN(C)[C@@H]1C(=O)C(C(N)=O)=C(O)[C@@]2(O)C(=O)C3=C(O)c4c(O)cccc4C[C@H]3C[C@@H]12.c1ccncc1. The molecule has 1 saturated carbocycles. The molecular formula is C26H27N3O7. The molecule has 1 fully saturated rings. The number of benzene rings is 1. The van der Waals surface area contributed by atoms with Crippen LogP contribution in [-0.2, 0) is 20.8 Å². The minimum Gasteiger partial charge on any atom is -0.508 e. The molecule has 3 aliphatic carbocycles. The summed E-state index contributed by atoms with van der Waals surface area (Å²) in [5.74, 6) is -6.43. The van der Waals surface area contributed by atoms with Crippen LogP contribution in [0.15, 0.2) is 65.7 Å². The highest BCUT2D eigenvalue weighted by Crippen LogP contribution is 2.52. The molecule has 0 saturated heterocycles. The van der Waals surface area contributed by atoms with Gasteiger partial charge in [-0.1, -0.05) is 18.2 Å². The van der Waals surface area contributed by atoms with Crippen LogP contribution in [0.5, 0.6) is 5.75 Å². The van der Waals surface area contributed by atoms with Crippen LogP contribution in [0.4, 0.5) is 0 Å². The van der Waals surface area contributed by atoms with Gasteiger partial charge in [0.25, 0.3) is 5.91 Å². The predicted molar refractivity (Wildman–Crippen MR) is 128 cm³/mol. The van der Waals surface area contributed by atoms with Crippen molar-refractivity contribution < 1.29 is 34.8 Å². The number of pyridine rings is 1. The normalized spacial score (nSPS) is 27.1. The summed E-state index contributed by atoms with van der Waals surface area (Å²) in [6.07, 6.45) is 3.88. The number of aliphatic hydroxyl groups is 3. The first-order chi connectivity index (χ1) is 17.0. The van der Waals surface area contributed by atoms with Gasteiger partial charge in [0.2, 0.25) is 5.78 Å². The number of primary amides is 1. The summed E-state index contributed by atoms with van der Waals surface area (Å²) < 4.78 is 0. The largest absolute Gasteiger partial charge is 0.508 e. The molecule has 188 valence electrons. The number of phenols is 1. The van der Waals surface area contributed by atoms with Gasteiger partial charge in [0.1, 0.15) is 22.8 Å². The van der Waals surface area contributed by atoms with Gasteiger partial charge in [-0.15, -0.1) is 0 Å². The number of Topliss-reactive ketones (excluding diaryl/α,β-unsaturated/α-hetero) is 2. The maximum atomic E-state index is 13.5. The molecule has 0 spiro atoms. The molecule has 4 atom stereocenters. The predicted octanol–water partition coefficient (Wildman–Crippen LogP) is 1.05. The molecule has 1 aromatic carbocycles. The third-order valence-corrected chi connectivity index (χ3v) is 7.02. The van der Waals surface area contributed by atoms with E-state index in [-0.39, 0.29) is 23.3 Å². The Kier molecular flexibility index (Phi) is 6.42. The molecule has 1 amide bonds. The Hall–Kier alpha value is -4.02. The van der Waals surface area contributed by atoms with Crippen molar-refractivity contribution in [2.45, 2.75) is 24.5 Å². The van der Waals surface area contributed by atoms with Crippen molar-refractivity contribution in [2.24, 2.45) is 17.6 Å². The van der Waals surface area contributed by atoms with Gasteiger partial charge in [-0.3, -0.25) is 24.3 Å². The number of hydrogen-bond donors (Lipinski definition) is 5. The molecular weight excluding hydrogens is 466 g/mol. The zero-order valence-electron chi connectivity index (χ0n) is 19.8. The second-order valence-electron chi connectivity index (χ2n) is 9.30. The first-order valence-electron chi connectivity index (χ1n) is 11.3. The molecule has 36 heavy (non-hydrogen) atoms. The first-order valence-corrected chi connectivity index (χ1v) is 11.3. The third-order valence-electron chi connectivity index (χ3n) is 7.02. The first kappa shape index (κ1) is 25.1. The number of likely N-dealkylation sites (N-methyl/N-ethyl adjacent to an activating group) is 1. The highest BCUT2D eigenvalue weighted by Gasteiger charge is 2.64. The van der Waals surface area contributed by atoms with Gasteiger partial charge in [-0.2, -0.15) is 0 Å². The number of carbonyl (C=O) groups is 3. The number of ketones is 2. The molecule has 1 heterocycles. The van der Waals surface area contributed by atoms with E-state index in [0.717, 1.165) is 0 Å². The van der Waals surface area contributed by atoms with Gasteiger partial charge in [0.15, 0.2) is 11.4 Å². The summed E-state index contributed by atoms with van der Waals surface area (Å²) >= 11 is 0. The molecule has 0 radical (unpaired) electrons. The van der Waals surface area contributed by atoms with Crippen LogP contribution in [0.1, 0.15) is 17.5 Å². The Morgan fingerprint density at radius 2 is 1.75 bits per heavy atom. The standard InChI is InChI=1S/C21H22N2O7.C5H5N/c1-23(2)15-10-7-9-6-8-4-3-5-11(24)12(8)16(25)13(9)18(27)21(10,30)19(28)14(17(15)26)20(22)29;1-2-4-6-5-3-1/h3-5,9-10,15,24-25,28,30H,6-7H2,1-2H3,(H2,22,29);1-5H/t9-,10-,15-,21-;/m0./s1. The van der Waals surface area contributed by atoms with E-state index < -0.39 is 58.0 Å². The fraction of sp³-hybridized carbons (Fsp3) is 0.308. The smallest absolute Gasteiger partial charge is 0.255 e. The highest BCUT2D eigenvalue weighted by atomic mass is 16.3. The molecule has 1 aromatic heterocycles. The van der Waals surface area contributed by atoms with Crippen molar-refractivity contribution >= 4 is 23.2 Å². The summed E-state index contributed by atoms with van der Waals surface area (Å²) in [6.45, 7) is 0. The van der Waals surface area contributed by atoms with Crippen LogP contribution in [0, 0.1) is 11.8 Å². The number of carbonyl (C=O) groups excluding carboxylic acids is 3. The second kappa shape index (κ2) is 9.21. The number of nitrogens with two attached hydrogens (primary N) is 1. The van der Waals surface area contributed by atoms with Crippen molar-refractivity contribution in [3.63, 3.8) is 0 Å².